The number of ether oxygens (including phenoxy) is 3. The van der Waals surface area contributed by atoms with E-state index in [0.29, 0.717) is 18.1 Å². The van der Waals surface area contributed by atoms with Gasteiger partial charge < -0.3 is 19.3 Å². The van der Waals surface area contributed by atoms with Gasteiger partial charge in [0, 0.05) is 11.6 Å². The fourth-order valence-electron chi connectivity index (χ4n) is 2.56. The molecule has 8 heteroatoms. The highest BCUT2D eigenvalue weighted by molar-refractivity contribution is 5.95. The maximum Gasteiger partial charge on any atom is 0.430 e. The first-order valence-corrected chi connectivity index (χ1v) is 8.01. The van der Waals surface area contributed by atoms with Gasteiger partial charge in [-0.25, -0.2) is 4.79 Å². The fraction of sp³-hybridized carbons (Fsp3) is 0.211. The number of carboxylic acids is 1. The molecule has 0 aliphatic carbocycles. The summed E-state index contributed by atoms with van der Waals surface area (Å²) in [6.45, 7) is 2.38. The Hall–Kier alpha value is -3.16. The lowest BCUT2D eigenvalue weighted by Gasteiger charge is -2.27. The quantitative estimate of drug-likeness (QED) is 0.817. The van der Waals surface area contributed by atoms with Crippen LogP contribution in [0.1, 0.15) is 12.5 Å². The van der Waals surface area contributed by atoms with Crippen LogP contribution in [0.5, 0.6) is 23.0 Å². The lowest BCUT2D eigenvalue weighted by molar-refractivity contribution is -0.187. The summed E-state index contributed by atoms with van der Waals surface area (Å²) in [7, 11) is 0. The second-order valence-corrected chi connectivity index (χ2v) is 5.65. The first-order chi connectivity index (χ1) is 12.8. The van der Waals surface area contributed by atoms with Crippen molar-refractivity contribution < 1.29 is 37.3 Å². The van der Waals surface area contributed by atoms with Gasteiger partial charge in [-0.05, 0) is 49.4 Å². The van der Waals surface area contributed by atoms with Gasteiger partial charge in [0.1, 0.15) is 23.0 Å². The van der Waals surface area contributed by atoms with Crippen LogP contribution in [0.2, 0.25) is 0 Å². The van der Waals surface area contributed by atoms with Gasteiger partial charge in [0.15, 0.2) is 0 Å². The predicted molar refractivity (Wildman–Crippen MR) is 90.2 cm³/mol. The molecule has 5 nitrogen and oxygen atoms in total. The average molecular weight is 380 g/mol. The molecule has 0 aromatic heterocycles. The molecule has 0 amide bonds. The van der Waals surface area contributed by atoms with Crippen molar-refractivity contribution in [2.75, 3.05) is 6.61 Å². The van der Waals surface area contributed by atoms with Gasteiger partial charge in [0.25, 0.3) is 0 Å². The number of carboxylic acid groups (broad SMARTS) is 1. The van der Waals surface area contributed by atoms with Crippen molar-refractivity contribution >= 4 is 12.0 Å². The number of benzene rings is 2. The Morgan fingerprint density at radius 2 is 1.74 bits per heavy atom. The van der Waals surface area contributed by atoms with Crippen molar-refractivity contribution in [3.63, 3.8) is 0 Å². The molecule has 1 N–H and O–H groups in total. The van der Waals surface area contributed by atoms with Crippen LogP contribution in [-0.4, -0.2) is 30.0 Å². The van der Waals surface area contributed by atoms with Crippen LogP contribution in [0.4, 0.5) is 13.2 Å². The maximum atomic E-state index is 13.1. The van der Waals surface area contributed by atoms with E-state index in [9.17, 15) is 18.0 Å². The van der Waals surface area contributed by atoms with E-state index in [2.05, 4.69) is 0 Å². The minimum atomic E-state index is -4.85. The van der Waals surface area contributed by atoms with Crippen LogP contribution in [0, 0.1) is 0 Å². The van der Waals surface area contributed by atoms with E-state index in [1.165, 1.54) is 18.2 Å². The normalized spacial score (nSPS) is 16.0. The summed E-state index contributed by atoms with van der Waals surface area (Å²) in [5, 5.41) is 9.02. The third-order valence-electron chi connectivity index (χ3n) is 3.74. The van der Waals surface area contributed by atoms with Crippen molar-refractivity contribution in [2.45, 2.75) is 19.2 Å². The highest BCUT2D eigenvalue weighted by Crippen LogP contribution is 2.39. The minimum absolute atomic E-state index is 0.106. The second-order valence-electron chi connectivity index (χ2n) is 5.65. The number of alkyl halides is 3. The van der Waals surface area contributed by atoms with Crippen molar-refractivity contribution in [2.24, 2.45) is 0 Å². The molecule has 2 aromatic rings. The molecule has 1 aliphatic heterocycles. The van der Waals surface area contributed by atoms with Crippen molar-refractivity contribution in [1.29, 1.82) is 0 Å². The molecule has 1 atom stereocenters. The molecule has 0 spiro atoms. The van der Waals surface area contributed by atoms with Gasteiger partial charge in [-0.3, -0.25) is 0 Å². The van der Waals surface area contributed by atoms with Gasteiger partial charge in [-0.1, -0.05) is 0 Å². The first kappa shape index (κ1) is 18.6. The zero-order chi connectivity index (χ0) is 19.6. The maximum absolute atomic E-state index is 13.1. The number of hydrogen-bond acceptors (Lipinski definition) is 4. The summed E-state index contributed by atoms with van der Waals surface area (Å²) in [5.41, 5.74) is -0.637. The third kappa shape index (κ3) is 4.16. The first-order valence-electron chi connectivity index (χ1n) is 8.01. The molecule has 0 fully saturated rings. The van der Waals surface area contributed by atoms with Crippen molar-refractivity contribution in [1.82, 2.24) is 0 Å². The summed E-state index contributed by atoms with van der Waals surface area (Å²) in [4.78, 5) is 11.1. The van der Waals surface area contributed by atoms with Gasteiger partial charge in [0.05, 0.1) is 12.2 Å². The SMILES string of the molecule is CCOc1ccc(Oc2ccc3c(c2)OC(C(F)(F)F)C(C(=O)O)=C3)cc1. The third-order valence-corrected chi connectivity index (χ3v) is 3.74. The van der Waals surface area contributed by atoms with Crippen LogP contribution < -0.4 is 14.2 Å². The van der Waals surface area contributed by atoms with Crippen LogP contribution in [0.25, 0.3) is 6.08 Å². The highest BCUT2D eigenvalue weighted by atomic mass is 19.4. The Kier molecular flexibility index (Phi) is 4.98. The number of halogens is 3. The summed E-state index contributed by atoms with van der Waals surface area (Å²) < 4.78 is 55.2. The zero-order valence-electron chi connectivity index (χ0n) is 14.1. The minimum Gasteiger partial charge on any atom is -0.494 e. The van der Waals surface area contributed by atoms with Crippen LogP contribution in [-0.2, 0) is 4.79 Å². The van der Waals surface area contributed by atoms with E-state index in [-0.39, 0.29) is 17.1 Å². The Balaban J connectivity index is 1.86. The van der Waals surface area contributed by atoms with Crippen molar-refractivity contribution in [3.8, 4) is 23.0 Å². The van der Waals surface area contributed by atoms with E-state index in [1.54, 1.807) is 24.3 Å². The molecular formula is C19H15F3O5. The Labute approximate surface area is 152 Å². The molecule has 142 valence electrons. The standard InChI is InChI=1S/C19H15F3O5/c1-2-25-12-5-7-13(8-6-12)26-14-4-3-11-9-15(18(23)24)17(19(20,21)22)27-16(11)10-14/h3-10,17H,2H2,1H3,(H,23,24). The lowest BCUT2D eigenvalue weighted by atomic mass is 10.0. The molecule has 0 saturated carbocycles. The zero-order valence-corrected chi connectivity index (χ0v) is 14.1. The topological polar surface area (TPSA) is 65.0 Å². The number of aliphatic carboxylic acids is 1. The predicted octanol–water partition coefficient (Wildman–Crippen LogP) is 4.67. The molecule has 27 heavy (non-hydrogen) atoms. The Bertz CT molecular complexity index is 872. The van der Waals surface area contributed by atoms with Gasteiger partial charge >= 0.3 is 12.1 Å². The second kappa shape index (κ2) is 7.22. The molecule has 1 heterocycles. The van der Waals surface area contributed by atoms with E-state index in [0.717, 1.165) is 6.08 Å². The molecular weight excluding hydrogens is 365 g/mol. The number of carbonyl (C=O) groups is 1. The van der Waals surface area contributed by atoms with Crippen molar-refractivity contribution in [3.05, 3.63) is 53.6 Å². The van der Waals surface area contributed by atoms with E-state index >= 15 is 0 Å². The molecule has 3 rings (SSSR count). The largest absolute Gasteiger partial charge is 0.494 e. The van der Waals surface area contributed by atoms with E-state index in [4.69, 9.17) is 19.3 Å². The number of hydrogen-bond donors (Lipinski definition) is 1. The molecule has 0 saturated heterocycles. The average Bonchev–Trinajstić information content (AvgIpc) is 2.61. The molecule has 1 unspecified atom stereocenters. The van der Waals surface area contributed by atoms with Crippen LogP contribution in [0.15, 0.2) is 48.0 Å². The van der Waals surface area contributed by atoms with E-state index < -0.39 is 23.8 Å². The monoisotopic (exact) mass is 380 g/mol. The molecule has 1 aliphatic rings. The Morgan fingerprint density at radius 3 is 2.33 bits per heavy atom. The van der Waals surface area contributed by atoms with Crippen LogP contribution in [0.3, 0.4) is 0 Å². The van der Waals surface area contributed by atoms with Gasteiger partial charge in [-0.2, -0.15) is 13.2 Å². The highest BCUT2D eigenvalue weighted by Gasteiger charge is 2.48. The molecule has 2 aromatic carbocycles. The van der Waals surface area contributed by atoms with Gasteiger partial charge in [-0.15, -0.1) is 0 Å². The summed E-state index contributed by atoms with van der Waals surface area (Å²) >= 11 is 0. The molecule has 0 radical (unpaired) electrons. The van der Waals surface area contributed by atoms with E-state index in [1.807, 2.05) is 6.92 Å². The lowest BCUT2D eigenvalue weighted by Crippen LogP contribution is -2.40. The van der Waals surface area contributed by atoms with Crippen LogP contribution >= 0.6 is 0 Å². The fourth-order valence-corrected chi connectivity index (χ4v) is 2.56. The Morgan fingerprint density at radius 1 is 1.11 bits per heavy atom. The summed E-state index contributed by atoms with van der Waals surface area (Å²) in [6, 6.07) is 11.0. The van der Waals surface area contributed by atoms with Gasteiger partial charge in [0.2, 0.25) is 6.10 Å². The number of rotatable bonds is 5. The summed E-state index contributed by atoms with van der Waals surface area (Å²) in [5.74, 6) is -0.407. The number of fused-ring (bicyclic) bond motifs is 1. The molecule has 0 bridgehead atoms. The smallest absolute Gasteiger partial charge is 0.430 e. The summed E-state index contributed by atoms with van der Waals surface area (Å²) in [6.07, 6.45) is -6.43.